The van der Waals surface area contributed by atoms with Gasteiger partial charge in [-0.15, -0.1) is 0 Å². The maximum Gasteiger partial charge on any atom is 0.137 e. The first kappa shape index (κ1) is 16.4. The van der Waals surface area contributed by atoms with Crippen LogP contribution >= 0.6 is 0 Å². The third-order valence-corrected chi connectivity index (χ3v) is 3.28. The van der Waals surface area contributed by atoms with Crippen LogP contribution in [0.15, 0.2) is 24.3 Å². The van der Waals surface area contributed by atoms with E-state index in [-0.39, 0.29) is 6.61 Å². The quantitative estimate of drug-likeness (QED) is 0.694. The van der Waals surface area contributed by atoms with Gasteiger partial charge in [0, 0.05) is 12.1 Å². The summed E-state index contributed by atoms with van der Waals surface area (Å²) in [6.07, 6.45) is -1.25. The van der Waals surface area contributed by atoms with Gasteiger partial charge in [0.05, 0.1) is 11.7 Å². The highest BCUT2D eigenvalue weighted by molar-refractivity contribution is 5.42. The first-order valence-electron chi connectivity index (χ1n) is 6.60. The van der Waals surface area contributed by atoms with E-state index < -0.39 is 17.7 Å². The molecule has 0 spiro atoms. The van der Waals surface area contributed by atoms with Crippen LogP contribution in [0.3, 0.4) is 0 Å². The first-order valence-corrected chi connectivity index (χ1v) is 6.60. The van der Waals surface area contributed by atoms with Gasteiger partial charge in [0.25, 0.3) is 0 Å². The number of ether oxygens (including phenoxy) is 1. The monoisotopic (exact) mass is 278 g/mol. The van der Waals surface area contributed by atoms with Crippen molar-refractivity contribution in [2.24, 2.45) is 0 Å². The molecule has 5 nitrogen and oxygen atoms in total. The van der Waals surface area contributed by atoms with Crippen molar-refractivity contribution in [1.82, 2.24) is 5.32 Å². The zero-order valence-corrected chi connectivity index (χ0v) is 12.1. The van der Waals surface area contributed by atoms with Crippen LogP contribution in [-0.2, 0) is 0 Å². The molecule has 110 valence electrons. The number of hydrogen-bond acceptors (Lipinski definition) is 5. The third kappa shape index (κ3) is 4.82. The highest BCUT2D eigenvalue weighted by Crippen LogP contribution is 2.16. The number of para-hydroxylation sites is 1. The Hall–Kier alpha value is -1.61. The molecule has 0 aromatic heterocycles. The van der Waals surface area contributed by atoms with Crippen LogP contribution in [0.5, 0.6) is 5.75 Å². The zero-order valence-electron chi connectivity index (χ0n) is 12.1. The normalized spacial score (nSPS) is 14.4. The predicted molar refractivity (Wildman–Crippen MR) is 76.4 cm³/mol. The summed E-state index contributed by atoms with van der Waals surface area (Å²) in [6, 6.07) is 8.92. The number of nitriles is 1. The van der Waals surface area contributed by atoms with Crippen LogP contribution < -0.4 is 10.1 Å². The molecule has 0 saturated heterocycles. The van der Waals surface area contributed by atoms with Crippen LogP contribution in [0.1, 0.15) is 26.3 Å². The molecule has 1 aromatic rings. The van der Waals surface area contributed by atoms with Gasteiger partial charge in [-0.1, -0.05) is 12.1 Å². The van der Waals surface area contributed by atoms with Crippen molar-refractivity contribution in [3.63, 3.8) is 0 Å². The Bertz CT molecular complexity index is 466. The van der Waals surface area contributed by atoms with Crippen molar-refractivity contribution >= 4 is 0 Å². The molecule has 0 fully saturated rings. The fourth-order valence-electron chi connectivity index (χ4n) is 1.46. The van der Waals surface area contributed by atoms with E-state index in [1.165, 1.54) is 0 Å². The van der Waals surface area contributed by atoms with E-state index >= 15 is 0 Å². The van der Waals surface area contributed by atoms with E-state index in [1.54, 1.807) is 31.2 Å². The number of nitrogens with one attached hydrogen (secondary N) is 1. The van der Waals surface area contributed by atoms with E-state index in [0.29, 0.717) is 17.9 Å². The number of β-amino-alcohol motifs (C(OH)–C–C–N with tert-alkyl or cyclic N) is 1. The minimum atomic E-state index is -0.722. The molecule has 0 amide bonds. The average Bonchev–Trinajstić information content (AvgIpc) is 2.43. The molecule has 1 aromatic carbocycles. The summed E-state index contributed by atoms with van der Waals surface area (Å²) in [5.74, 6) is 0.462. The second-order valence-electron chi connectivity index (χ2n) is 5.35. The summed E-state index contributed by atoms with van der Waals surface area (Å²) in [7, 11) is 0. The Kier molecular flexibility index (Phi) is 5.96. The van der Waals surface area contributed by atoms with Crippen LogP contribution in [0.2, 0.25) is 0 Å². The SMILES string of the molecule is CC(O)C(C)(C)NCC(O)COc1ccccc1C#N. The molecular formula is C15H22N2O3. The fraction of sp³-hybridized carbons (Fsp3) is 0.533. The van der Waals surface area contributed by atoms with Crippen molar-refractivity contribution in [2.75, 3.05) is 13.2 Å². The fourth-order valence-corrected chi connectivity index (χ4v) is 1.46. The molecule has 20 heavy (non-hydrogen) atoms. The van der Waals surface area contributed by atoms with Gasteiger partial charge < -0.3 is 20.3 Å². The molecule has 0 bridgehead atoms. The number of aliphatic hydroxyl groups excluding tert-OH is 2. The summed E-state index contributed by atoms with van der Waals surface area (Å²) in [5, 5.41) is 31.4. The van der Waals surface area contributed by atoms with Gasteiger partial charge in [-0.2, -0.15) is 5.26 Å². The molecule has 0 aliphatic rings. The maximum atomic E-state index is 9.87. The summed E-state index contributed by atoms with van der Waals surface area (Å²) < 4.78 is 5.44. The van der Waals surface area contributed by atoms with Crippen LogP contribution in [-0.4, -0.2) is 41.1 Å². The Balaban J connectivity index is 2.44. The van der Waals surface area contributed by atoms with Crippen molar-refractivity contribution in [3.05, 3.63) is 29.8 Å². The zero-order chi connectivity index (χ0) is 15.2. The highest BCUT2D eigenvalue weighted by Gasteiger charge is 2.24. The Morgan fingerprint density at radius 2 is 2.00 bits per heavy atom. The van der Waals surface area contributed by atoms with E-state index in [2.05, 4.69) is 5.32 Å². The van der Waals surface area contributed by atoms with E-state index in [1.807, 2.05) is 19.9 Å². The van der Waals surface area contributed by atoms with E-state index in [0.717, 1.165) is 0 Å². The van der Waals surface area contributed by atoms with Gasteiger partial charge in [0.2, 0.25) is 0 Å². The van der Waals surface area contributed by atoms with Crippen molar-refractivity contribution < 1.29 is 14.9 Å². The lowest BCUT2D eigenvalue weighted by Gasteiger charge is -2.30. The Morgan fingerprint density at radius 1 is 1.35 bits per heavy atom. The average molecular weight is 278 g/mol. The van der Waals surface area contributed by atoms with Gasteiger partial charge in [0.15, 0.2) is 0 Å². The molecule has 0 radical (unpaired) electrons. The minimum Gasteiger partial charge on any atom is -0.489 e. The molecular weight excluding hydrogens is 256 g/mol. The summed E-state index contributed by atoms with van der Waals surface area (Å²) in [6.45, 7) is 5.79. The van der Waals surface area contributed by atoms with Gasteiger partial charge in [0.1, 0.15) is 24.5 Å². The molecule has 0 aliphatic carbocycles. The first-order chi connectivity index (χ1) is 9.36. The second kappa shape index (κ2) is 7.25. The summed E-state index contributed by atoms with van der Waals surface area (Å²) in [5.41, 5.74) is -0.0390. The largest absolute Gasteiger partial charge is 0.489 e. The van der Waals surface area contributed by atoms with Crippen LogP contribution in [0.25, 0.3) is 0 Å². The lowest BCUT2D eigenvalue weighted by molar-refractivity contribution is 0.0648. The smallest absolute Gasteiger partial charge is 0.137 e. The molecule has 0 aliphatic heterocycles. The van der Waals surface area contributed by atoms with Gasteiger partial charge in [-0.3, -0.25) is 0 Å². The molecule has 0 saturated carbocycles. The van der Waals surface area contributed by atoms with Crippen molar-refractivity contribution in [1.29, 1.82) is 5.26 Å². The minimum absolute atomic E-state index is 0.0849. The lowest BCUT2D eigenvalue weighted by atomic mass is 9.99. The third-order valence-electron chi connectivity index (χ3n) is 3.28. The second-order valence-corrected chi connectivity index (χ2v) is 5.35. The lowest BCUT2D eigenvalue weighted by Crippen LogP contribution is -2.51. The molecule has 5 heteroatoms. The Labute approximate surface area is 119 Å². The molecule has 0 heterocycles. The van der Waals surface area contributed by atoms with Crippen LogP contribution in [0.4, 0.5) is 0 Å². The van der Waals surface area contributed by atoms with Gasteiger partial charge in [-0.05, 0) is 32.9 Å². The van der Waals surface area contributed by atoms with E-state index in [9.17, 15) is 10.2 Å². The molecule has 2 unspecified atom stereocenters. The van der Waals surface area contributed by atoms with Crippen LogP contribution in [0, 0.1) is 11.3 Å². The highest BCUT2D eigenvalue weighted by atomic mass is 16.5. The number of nitrogens with zero attached hydrogens (tertiary/aromatic N) is 1. The molecule has 1 rings (SSSR count). The summed E-state index contributed by atoms with van der Waals surface area (Å²) in [4.78, 5) is 0. The number of hydrogen-bond donors (Lipinski definition) is 3. The van der Waals surface area contributed by atoms with E-state index in [4.69, 9.17) is 10.00 Å². The summed E-state index contributed by atoms with van der Waals surface area (Å²) >= 11 is 0. The predicted octanol–water partition coefficient (Wildman–Crippen LogP) is 1.05. The standard InChI is InChI=1S/C15H22N2O3/c1-11(18)15(2,3)17-9-13(19)10-20-14-7-5-4-6-12(14)8-16/h4-7,11,13,17-19H,9-10H2,1-3H3. The maximum absolute atomic E-state index is 9.87. The topological polar surface area (TPSA) is 85.5 Å². The number of benzene rings is 1. The number of rotatable bonds is 7. The number of aliphatic hydroxyl groups is 2. The van der Waals surface area contributed by atoms with Gasteiger partial charge in [-0.25, -0.2) is 0 Å². The van der Waals surface area contributed by atoms with Crippen molar-refractivity contribution in [3.8, 4) is 11.8 Å². The molecule has 3 N–H and O–H groups in total. The Morgan fingerprint density at radius 3 is 2.60 bits per heavy atom. The molecule has 2 atom stereocenters. The van der Waals surface area contributed by atoms with Crippen molar-refractivity contribution in [2.45, 2.75) is 38.5 Å². The van der Waals surface area contributed by atoms with Gasteiger partial charge >= 0.3 is 0 Å².